The number of aromatic nitrogens is 4. The van der Waals surface area contributed by atoms with Crippen LogP contribution in [0, 0.1) is 0 Å². The van der Waals surface area contributed by atoms with E-state index in [1.54, 1.807) is 36.4 Å². The molecule has 0 aliphatic heterocycles. The van der Waals surface area contributed by atoms with Crippen molar-refractivity contribution >= 4 is 192 Å². The molecule has 0 spiro atoms. The van der Waals surface area contributed by atoms with Gasteiger partial charge in [0.05, 0.1) is 64.0 Å². The maximum Gasteiger partial charge on any atom is 2.00 e. The number of rotatable bonds is 2. The molecule has 21 heteroatoms. The van der Waals surface area contributed by atoms with Crippen LogP contribution in [0.1, 0.15) is 0 Å². The van der Waals surface area contributed by atoms with Crippen molar-refractivity contribution in [3.05, 3.63) is 146 Å². The van der Waals surface area contributed by atoms with E-state index in [4.69, 9.17) is 46.4 Å². The molecule has 6 aromatic carbocycles. The average Bonchev–Trinajstić information content (AvgIpc) is 3.16. The van der Waals surface area contributed by atoms with Gasteiger partial charge in [-0.2, -0.15) is 0 Å². The van der Waals surface area contributed by atoms with Crippen LogP contribution in [0.3, 0.4) is 0 Å². The Kier molecular flexibility index (Phi) is 10.9. The fourth-order valence-electron chi connectivity index (χ4n) is 7.37. The summed E-state index contributed by atoms with van der Waals surface area (Å²) in [6.45, 7) is 0. The summed E-state index contributed by atoms with van der Waals surface area (Å²) in [5.74, 6) is 0. The van der Waals surface area contributed by atoms with Gasteiger partial charge in [-0.1, -0.05) is 46.4 Å². The van der Waals surface area contributed by atoms with Gasteiger partial charge in [0.2, 0.25) is 0 Å². The zero-order chi connectivity index (χ0) is 42.7. The molecule has 0 saturated carbocycles. The topological polar surface area (TPSA) is 246 Å². The van der Waals surface area contributed by atoms with Gasteiger partial charge in [0.25, 0.3) is 0 Å². The number of H-pyrrole nitrogens is 4. The van der Waals surface area contributed by atoms with Gasteiger partial charge < -0.3 is 29.0 Å². The largest absolute Gasteiger partial charge is 2.00 e. The summed E-state index contributed by atoms with van der Waals surface area (Å²) >= 11 is 23.9. The summed E-state index contributed by atoms with van der Waals surface area (Å²) < 4.78 is 70.4. The molecule has 0 amide bonds. The van der Waals surface area contributed by atoms with E-state index >= 15 is 0 Å². The minimum Gasteiger partial charge on any atom is -0.744 e. The zero-order valence-corrected chi connectivity index (χ0v) is 37.1. The second-order valence-electron chi connectivity index (χ2n) is 13.6. The number of aromatic amines is 4. The summed E-state index contributed by atoms with van der Waals surface area (Å²) in [5.41, 5.74) is 0.279. The molecule has 10 rings (SSSR count). The predicted octanol–water partition coefficient (Wildman–Crippen LogP) is 7.39. The van der Waals surface area contributed by atoms with Crippen molar-refractivity contribution in [3.8, 4) is 0 Å². The smallest absolute Gasteiger partial charge is 0.744 e. The van der Waals surface area contributed by atoms with Gasteiger partial charge in [-0.25, -0.2) is 16.8 Å². The molecule has 300 valence electrons. The maximum absolute atomic E-state index is 13.1. The Labute approximate surface area is 389 Å². The Morgan fingerprint density at radius 1 is 0.377 bits per heavy atom. The maximum atomic E-state index is 13.1. The monoisotopic (exact) mass is 958 g/mol. The summed E-state index contributed by atoms with van der Waals surface area (Å²) in [5, 5.41) is 2.08. The van der Waals surface area contributed by atoms with Crippen molar-refractivity contribution in [2.45, 2.75) is 9.79 Å². The molecule has 14 nitrogen and oxygen atoms in total. The molecule has 0 aliphatic carbocycles. The molecule has 61 heavy (non-hydrogen) atoms. The van der Waals surface area contributed by atoms with Crippen molar-refractivity contribution in [1.82, 2.24) is 19.9 Å². The first-order valence-electron chi connectivity index (χ1n) is 17.1. The predicted molar refractivity (Wildman–Crippen MR) is 237 cm³/mol. The van der Waals surface area contributed by atoms with Crippen LogP contribution in [0.15, 0.2) is 114 Å². The average molecular weight is 961 g/mol. The van der Waals surface area contributed by atoms with Gasteiger partial charge in [0, 0.05) is 53.1 Å². The molecule has 0 aliphatic rings. The van der Waals surface area contributed by atoms with E-state index in [0.29, 0.717) is 42.9 Å². The van der Waals surface area contributed by atoms with E-state index in [1.165, 1.54) is 48.5 Å². The van der Waals surface area contributed by atoms with Crippen molar-refractivity contribution in [1.29, 1.82) is 0 Å². The first kappa shape index (κ1) is 43.1. The second-order valence-corrected chi connectivity index (χ2v) is 17.9. The molecular formula is C40H18CaCl4N4O10S2. The fraction of sp³-hybridized carbons (Fsp3) is 0. The van der Waals surface area contributed by atoms with Crippen LogP contribution in [0.4, 0.5) is 0 Å². The van der Waals surface area contributed by atoms with Gasteiger partial charge in [0.1, 0.15) is 20.2 Å². The molecule has 4 aromatic heterocycles. The van der Waals surface area contributed by atoms with Crippen LogP contribution in [0.2, 0.25) is 20.1 Å². The van der Waals surface area contributed by atoms with E-state index in [2.05, 4.69) is 19.9 Å². The number of fused-ring (bicyclic) bond motifs is 8. The Hall–Kier alpha value is -4.56. The molecular weight excluding hydrogens is 942 g/mol. The summed E-state index contributed by atoms with van der Waals surface area (Å²) in [6.07, 6.45) is 0. The molecule has 0 radical (unpaired) electrons. The molecule has 0 fully saturated rings. The van der Waals surface area contributed by atoms with Gasteiger partial charge in [0.15, 0.2) is 21.7 Å². The third kappa shape index (κ3) is 7.28. The normalized spacial score (nSPS) is 12.2. The zero-order valence-electron chi connectivity index (χ0n) is 30.2. The third-order valence-electron chi connectivity index (χ3n) is 10.0. The van der Waals surface area contributed by atoms with E-state index < -0.39 is 40.9 Å². The van der Waals surface area contributed by atoms with Gasteiger partial charge >= 0.3 is 37.7 Å². The Morgan fingerprint density at radius 3 is 0.984 bits per heavy atom. The van der Waals surface area contributed by atoms with Crippen LogP contribution in [-0.2, 0) is 20.2 Å². The molecule has 0 saturated heterocycles. The molecule has 0 unspecified atom stereocenters. The van der Waals surface area contributed by atoms with E-state index in [0.717, 1.165) is 0 Å². The molecule has 0 bridgehead atoms. The number of hydrogen-bond donors (Lipinski definition) is 4. The SMILES string of the molecule is O=c1c2ccc(Cl)cc2[nH]c2cc3c(=O)c4ccc(Cl)c(S(=O)(=O)[O-])c4[nH]c3cc12.O=c1c2ccc(Cl)cc2[nH]c2cc3c(=O)c4ccc(Cl)c(S(=O)(=O)[O-])c4[nH]c3cc12.[Ca+2]. The fourth-order valence-corrected chi connectivity index (χ4v) is 10.0. The molecule has 0 atom stereocenters. The summed E-state index contributed by atoms with van der Waals surface area (Å²) in [7, 11) is -9.92. The first-order chi connectivity index (χ1) is 28.3. The summed E-state index contributed by atoms with van der Waals surface area (Å²) in [4.78, 5) is 62.4. The molecule has 4 N–H and O–H groups in total. The minimum absolute atomic E-state index is 0. The van der Waals surface area contributed by atoms with Crippen LogP contribution < -0.4 is 21.7 Å². The quantitative estimate of drug-likeness (QED) is 0.0760. The number of pyridine rings is 4. The van der Waals surface area contributed by atoms with Crippen LogP contribution in [0.25, 0.3) is 87.2 Å². The van der Waals surface area contributed by atoms with Crippen molar-refractivity contribution in [2.75, 3.05) is 0 Å². The Morgan fingerprint density at radius 2 is 0.656 bits per heavy atom. The second kappa shape index (κ2) is 15.4. The van der Waals surface area contributed by atoms with E-state index in [9.17, 15) is 45.1 Å². The van der Waals surface area contributed by atoms with E-state index in [-0.39, 0.29) is 113 Å². The summed E-state index contributed by atoms with van der Waals surface area (Å²) in [6, 6.07) is 20.5. The van der Waals surface area contributed by atoms with Crippen LogP contribution in [-0.4, -0.2) is 83.6 Å². The minimum atomic E-state index is -4.96. The number of halogens is 4. The van der Waals surface area contributed by atoms with E-state index in [1.807, 2.05) is 0 Å². The van der Waals surface area contributed by atoms with Gasteiger partial charge in [-0.15, -0.1) is 0 Å². The van der Waals surface area contributed by atoms with Gasteiger partial charge in [-0.05, 0) is 84.9 Å². The first-order valence-corrected chi connectivity index (χ1v) is 21.4. The Bertz CT molecular complexity index is 3850. The van der Waals surface area contributed by atoms with Crippen molar-refractivity contribution in [3.63, 3.8) is 0 Å². The molecule has 4 heterocycles. The Balaban J connectivity index is 0.000000166. The standard InChI is InChI=1S/2C20H10Cl2N2O5S.Ca/c2*21-8-1-2-9-14(5-8)23-15-6-12-16(7-11(15)18(9)25)24-17-10(19(12)26)3-4-13(22)20(17)30(27,28)29;/h2*1-7H,(H,23,25)(H,24,26)(H,27,28,29);/q;;+2/p-2. The van der Waals surface area contributed by atoms with Crippen molar-refractivity contribution < 1.29 is 25.9 Å². The number of nitrogens with one attached hydrogen (secondary N) is 4. The number of benzene rings is 6. The van der Waals surface area contributed by atoms with Crippen LogP contribution in [0.5, 0.6) is 0 Å². The van der Waals surface area contributed by atoms with Crippen LogP contribution >= 0.6 is 46.4 Å². The third-order valence-corrected chi connectivity index (χ3v) is 13.2. The van der Waals surface area contributed by atoms with Gasteiger partial charge in [-0.3, -0.25) is 19.2 Å². The van der Waals surface area contributed by atoms with Crippen molar-refractivity contribution in [2.24, 2.45) is 0 Å². The number of hydrogen-bond acceptors (Lipinski definition) is 10. The molecule has 10 aromatic rings.